The first-order valence-electron chi connectivity index (χ1n) is 6.91. The lowest BCUT2D eigenvalue weighted by Gasteiger charge is -2.08. The lowest BCUT2D eigenvalue weighted by molar-refractivity contribution is 0.104. The molecule has 5 heteroatoms. The molecule has 0 saturated carbocycles. The van der Waals surface area contributed by atoms with Gasteiger partial charge in [-0.3, -0.25) is 4.79 Å². The van der Waals surface area contributed by atoms with Gasteiger partial charge in [0.25, 0.3) is 0 Å². The van der Waals surface area contributed by atoms with Crippen LogP contribution in [0.1, 0.15) is 15.9 Å². The molecule has 0 aliphatic rings. The van der Waals surface area contributed by atoms with Gasteiger partial charge in [0, 0.05) is 5.56 Å². The van der Waals surface area contributed by atoms with Crippen molar-refractivity contribution in [1.82, 2.24) is 0 Å². The molecule has 0 fully saturated rings. The summed E-state index contributed by atoms with van der Waals surface area (Å²) in [6.07, 6.45) is 2.96. The van der Waals surface area contributed by atoms with E-state index in [0.29, 0.717) is 22.8 Å². The van der Waals surface area contributed by atoms with E-state index in [2.05, 4.69) is 0 Å². The van der Waals surface area contributed by atoms with Crippen molar-refractivity contribution in [3.05, 3.63) is 53.6 Å². The van der Waals surface area contributed by atoms with Gasteiger partial charge in [0.05, 0.1) is 21.3 Å². The Morgan fingerprint density at radius 3 is 2.39 bits per heavy atom. The van der Waals surface area contributed by atoms with E-state index in [1.165, 1.54) is 19.3 Å². The predicted molar refractivity (Wildman–Crippen MR) is 87.6 cm³/mol. The SMILES string of the molecule is COc1ccc(OC)c(/C=C/C(=O)c2c(O)cccc2OC)c1. The van der Waals surface area contributed by atoms with E-state index in [1.54, 1.807) is 50.6 Å². The fourth-order valence-corrected chi connectivity index (χ4v) is 2.16. The van der Waals surface area contributed by atoms with Crippen LogP contribution in [-0.2, 0) is 0 Å². The molecule has 2 aromatic rings. The number of hydrogen-bond donors (Lipinski definition) is 1. The van der Waals surface area contributed by atoms with Gasteiger partial charge in [-0.05, 0) is 42.5 Å². The molecule has 0 aromatic heterocycles. The van der Waals surface area contributed by atoms with Crippen molar-refractivity contribution in [3.63, 3.8) is 0 Å². The molecule has 0 heterocycles. The highest BCUT2D eigenvalue weighted by Crippen LogP contribution is 2.29. The summed E-state index contributed by atoms with van der Waals surface area (Å²) in [4.78, 5) is 12.4. The van der Waals surface area contributed by atoms with Crippen molar-refractivity contribution in [2.75, 3.05) is 21.3 Å². The number of carbonyl (C=O) groups excluding carboxylic acids is 1. The van der Waals surface area contributed by atoms with Gasteiger partial charge >= 0.3 is 0 Å². The lowest BCUT2D eigenvalue weighted by atomic mass is 10.1. The smallest absolute Gasteiger partial charge is 0.193 e. The molecule has 0 aliphatic carbocycles. The van der Waals surface area contributed by atoms with Crippen LogP contribution in [0.15, 0.2) is 42.5 Å². The Kier molecular flexibility index (Phi) is 5.25. The quantitative estimate of drug-likeness (QED) is 0.654. The zero-order chi connectivity index (χ0) is 16.8. The van der Waals surface area contributed by atoms with Crippen molar-refractivity contribution < 1.29 is 24.1 Å². The maximum atomic E-state index is 12.4. The zero-order valence-corrected chi connectivity index (χ0v) is 13.2. The van der Waals surface area contributed by atoms with Gasteiger partial charge in [-0.15, -0.1) is 0 Å². The van der Waals surface area contributed by atoms with Gasteiger partial charge < -0.3 is 19.3 Å². The minimum atomic E-state index is -0.371. The third-order valence-electron chi connectivity index (χ3n) is 3.32. The number of phenolic OH excluding ortho intramolecular Hbond substituents is 1. The van der Waals surface area contributed by atoms with Crippen LogP contribution < -0.4 is 14.2 Å². The van der Waals surface area contributed by atoms with Crippen LogP contribution >= 0.6 is 0 Å². The Labute approximate surface area is 134 Å². The van der Waals surface area contributed by atoms with Crippen LogP contribution in [0.25, 0.3) is 6.08 Å². The molecule has 0 radical (unpaired) electrons. The van der Waals surface area contributed by atoms with E-state index in [9.17, 15) is 9.90 Å². The Morgan fingerprint density at radius 2 is 1.74 bits per heavy atom. The van der Waals surface area contributed by atoms with E-state index in [4.69, 9.17) is 14.2 Å². The van der Waals surface area contributed by atoms with Crippen LogP contribution in [0.2, 0.25) is 0 Å². The van der Waals surface area contributed by atoms with E-state index >= 15 is 0 Å². The number of allylic oxidation sites excluding steroid dienone is 1. The van der Waals surface area contributed by atoms with Gasteiger partial charge in [-0.1, -0.05) is 6.07 Å². The maximum Gasteiger partial charge on any atom is 0.193 e. The number of aromatic hydroxyl groups is 1. The number of ketones is 1. The summed E-state index contributed by atoms with van der Waals surface area (Å²) >= 11 is 0. The normalized spacial score (nSPS) is 10.6. The second kappa shape index (κ2) is 7.35. The molecule has 23 heavy (non-hydrogen) atoms. The molecule has 5 nitrogen and oxygen atoms in total. The molecule has 2 aromatic carbocycles. The summed E-state index contributed by atoms with van der Waals surface area (Å²) in [6, 6.07) is 9.95. The van der Waals surface area contributed by atoms with E-state index < -0.39 is 0 Å². The highest BCUT2D eigenvalue weighted by atomic mass is 16.5. The second-order valence-corrected chi connectivity index (χ2v) is 4.66. The first-order valence-corrected chi connectivity index (χ1v) is 6.91. The fourth-order valence-electron chi connectivity index (χ4n) is 2.16. The number of benzene rings is 2. The first-order chi connectivity index (χ1) is 11.1. The number of hydrogen-bond acceptors (Lipinski definition) is 5. The minimum Gasteiger partial charge on any atom is -0.507 e. The van der Waals surface area contributed by atoms with Crippen LogP contribution in [0, 0.1) is 0 Å². The number of methoxy groups -OCH3 is 3. The molecule has 0 bridgehead atoms. The fraction of sp³-hybridized carbons (Fsp3) is 0.167. The number of carbonyl (C=O) groups is 1. The van der Waals surface area contributed by atoms with Crippen molar-refractivity contribution in [3.8, 4) is 23.0 Å². The molecule has 2 rings (SSSR count). The third-order valence-corrected chi connectivity index (χ3v) is 3.32. The lowest BCUT2D eigenvalue weighted by Crippen LogP contribution is -1.99. The Morgan fingerprint density at radius 1 is 1.00 bits per heavy atom. The van der Waals surface area contributed by atoms with Crippen LogP contribution in [0.3, 0.4) is 0 Å². The average Bonchev–Trinajstić information content (AvgIpc) is 2.58. The number of phenols is 1. The summed E-state index contributed by atoms with van der Waals surface area (Å²) < 4.78 is 15.5. The summed E-state index contributed by atoms with van der Waals surface area (Å²) in [6.45, 7) is 0. The molecule has 120 valence electrons. The number of rotatable bonds is 6. The third kappa shape index (κ3) is 3.63. The summed E-state index contributed by atoms with van der Waals surface area (Å²) in [5.41, 5.74) is 0.808. The van der Waals surface area contributed by atoms with E-state index in [-0.39, 0.29) is 17.1 Å². The van der Waals surface area contributed by atoms with Gasteiger partial charge in [0.2, 0.25) is 0 Å². The van der Waals surface area contributed by atoms with Gasteiger partial charge in [0.15, 0.2) is 5.78 Å². The first kappa shape index (κ1) is 16.4. The van der Waals surface area contributed by atoms with Crippen molar-refractivity contribution in [1.29, 1.82) is 0 Å². The number of ether oxygens (including phenoxy) is 3. The largest absolute Gasteiger partial charge is 0.507 e. The molecule has 1 N–H and O–H groups in total. The monoisotopic (exact) mass is 314 g/mol. The molecule has 0 amide bonds. The minimum absolute atomic E-state index is 0.119. The van der Waals surface area contributed by atoms with Gasteiger partial charge in [-0.25, -0.2) is 0 Å². The molecule has 0 aliphatic heterocycles. The molecule has 0 spiro atoms. The predicted octanol–water partition coefficient (Wildman–Crippen LogP) is 3.31. The van der Waals surface area contributed by atoms with Crippen LogP contribution in [-0.4, -0.2) is 32.2 Å². The summed E-state index contributed by atoms with van der Waals surface area (Å²) in [5.74, 6) is 1.08. The summed E-state index contributed by atoms with van der Waals surface area (Å²) in [7, 11) is 4.56. The highest BCUT2D eigenvalue weighted by molar-refractivity contribution is 6.10. The summed E-state index contributed by atoms with van der Waals surface area (Å²) in [5, 5.41) is 9.89. The van der Waals surface area contributed by atoms with Crippen molar-refractivity contribution in [2.45, 2.75) is 0 Å². The Bertz CT molecular complexity index is 734. The van der Waals surface area contributed by atoms with Crippen LogP contribution in [0.4, 0.5) is 0 Å². The van der Waals surface area contributed by atoms with E-state index in [0.717, 1.165) is 0 Å². The topological polar surface area (TPSA) is 65.0 Å². The van der Waals surface area contributed by atoms with Crippen LogP contribution in [0.5, 0.6) is 23.0 Å². The standard InChI is InChI=1S/C18H18O5/c1-21-13-8-10-16(22-2)12(11-13)7-9-15(20)18-14(19)5-4-6-17(18)23-3/h4-11,19H,1-3H3/b9-7+. The molecule has 0 unspecified atom stereocenters. The Hall–Kier alpha value is -2.95. The zero-order valence-electron chi connectivity index (χ0n) is 13.2. The Balaban J connectivity index is 2.36. The van der Waals surface area contributed by atoms with Gasteiger partial charge in [-0.2, -0.15) is 0 Å². The van der Waals surface area contributed by atoms with Crippen molar-refractivity contribution >= 4 is 11.9 Å². The second-order valence-electron chi connectivity index (χ2n) is 4.66. The van der Waals surface area contributed by atoms with Gasteiger partial charge in [0.1, 0.15) is 28.6 Å². The van der Waals surface area contributed by atoms with E-state index in [1.807, 2.05) is 0 Å². The molecular weight excluding hydrogens is 296 g/mol. The molecular formula is C18H18O5. The molecule has 0 atom stereocenters. The molecule has 0 saturated heterocycles. The average molecular weight is 314 g/mol. The maximum absolute atomic E-state index is 12.4. The van der Waals surface area contributed by atoms with Crippen molar-refractivity contribution in [2.24, 2.45) is 0 Å². The highest BCUT2D eigenvalue weighted by Gasteiger charge is 2.14.